The zero-order valence-electron chi connectivity index (χ0n) is 11.5. The number of aromatic carboxylic acids is 1. The van der Waals surface area contributed by atoms with E-state index < -0.39 is 12.0 Å². The maximum Gasteiger partial charge on any atom is 0.371 e. The predicted octanol–water partition coefficient (Wildman–Crippen LogP) is 1.57. The fourth-order valence-corrected chi connectivity index (χ4v) is 1.74. The van der Waals surface area contributed by atoms with Gasteiger partial charge in [-0.2, -0.15) is 0 Å². The van der Waals surface area contributed by atoms with Gasteiger partial charge in [0.05, 0.1) is 7.11 Å². The van der Waals surface area contributed by atoms with Crippen LogP contribution in [0.4, 0.5) is 0 Å². The predicted molar refractivity (Wildman–Crippen MR) is 67.9 cm³/mol. The van der Waals surface area contributed by atoms with E-state index in [2.05, 4.69) is 5.32 Å². The van der Waals surface area contributed by atoms with Crippen molar-refractivity contribution in [2.45, 2.75) is 33.4 Å². The second kappa shape index (κ2) is 6.38. The summed E-state index contributed by atoms with van der Waals surface area (Å²) in [6, 6.07) is 1.02. The summed E-state index contributed by atoms with van der Waals surface area (Å²) in [6.07, 6.45) is 0. The Kier molecular flexibility index (Phi) is 5.11. The fourth-order valence-electron chi connectivity index (χ4n) is 1.74. The number of hydrogen-bond acceptors (Lipinski definition) is 5. The van der Waals surface area contributed by atoms with E-state index in [1.165, 1.54) is 13.2 Å². The minimum atomic E-state index is -1.11. The molecule has 0 saturated heterocycles. The van der Waals surface area contributed by atoms with Crippen LogP contribution in [0.15, 0.2) is 10.5 Å². The van der Waals surface area contributed by atoms with Gasteiger partial charge in [-0.05, 0) is 18.9 Å². The number of furan rings is 1. The van der Waals surface area contributed by atoms with Crippen LogP contribution in [0.1, 0.15) is 35.7 Å². The van der Waals surface area contributed by atoms with Crippen LogP contribution in [0.5, 0.6) is 0 Å². The van der Waals surface area contributed by atoms with Gasteiger partial charge >= 0.3 is 11.9 Å². The first-order valence-corrected chi connectivity index (χ1v) is 6.00. The summed E-state index contributed by atoms with van der Waals surface area (Å²) in [7, 11) is 1.34. The molecule has 1 atom stereocenters. The number of esters is 1. The van der Waals surface area contributed by atoms with Crippen molar-refractivity contribution in [1.29, 1.82) is 0 Å². The molecule has 0 saturated carbocycles. The van der Waals surface area contributed by atoms with Gasteiger partial charge in [-0.25, -0.2) is 4.79 Å². The topological polar surface area (TPSA) is 88.8 Å². The smallest absolute Gasteiger partial charge is 0.371 e. The molecule has 1 aromatic heterocycles. The van der Waals surface area contributed by atoms with E-state index in [-0.39, 0.29) is 17.6 Å². The van der Waals surface area contributed by atoms with Gasteiger partial charge in [-0.15, -0.1) is 0 Å². The molecule has 106 valence electrons. The molecule has 0 aliphatic rings. The Bertz CT molecular complexity index is 464. The highest BCUT2D eigenvalue weighted by atomic mass is 16.5. The minimum absolute atomic E-state index is 0.0681. The lowest BCUT2D eigenvalue weighted by Crippen LogP contribution is -2.41. The number of ether oxygens (including phenoxy) is 1. The maximum absolute atomic E-state index is 11.6. The quantitative estimate of drug-likeness (QED) is 0.762. The number of hydrogen-bond donors (Lipinski definition) is 2. The highest BCUT2D eigenvalue weighted by Crippen LogP contribution is 2.15. The summed E-state index contributed by atoms with van der Waals surface area (Å²) in [4.78, 5) is 22.3. The van der Waals surface area contributed by atoms with Crippen LogP contribution in [-0.2, 0) is 16.1 Å². The Balaban J connectivity index is 2.74. The number of aryl methyl sites for hydroxylation is 1. The molecular formula is C13H19NO5. The van der Waals surface area contributed by atoms with Gasteiger partial charge in [0.2, 0.25) is 5.76 Å². The molecule has 0 bridgehead atoms. The summed E-state index contributed by atoms with van der Waals surface area (Å²) < 4.78 is 9.82. The van der Waals surface area contributed by atoms with Crippen molar-refractivity contribution < 1.29 is 23.8 Å². The maximum atomic E-state index is 11.6. The number of carbonyl (C=O) groups excluding carboxylic acids is 1. The van der Waals surface area contributed by atoms with Gasteiger partial charge in [0.1, 0.15) is 11.8 Å². The van der Waals surface area contributed by atoms with E-state index >= 15 is 0 Å². The van der Waals surface area contributed by atoms with Gasteiger partial charge < -0.3 is 14.3 Å². The molecular weight excluding hydrogens is 250 g/mol. The van der Waals surface area contributed by atoms with Crippen molar-refractivity contribution in [3.63, 3.8) is 0 Å². The van der Waals surface area contributed by atoms with Crippen LogP contribution in [0.3, 0.4) is 0 Å². The first-order chi connectivity index (χ1) is 8.86. The summed E-state index contributed by atoms with van der Waals surface area (Å²) in [5.74, 6) is -0.957. The number of methoxy groups -OCH3 is 1. The number of carboxylic acids is 1. The number of carbonyl (C=O) groups is 2. The third kappa shape index (κ3) is 3.82. The first kappa shape index (κ1) is 15.2. The molecule has 6 heteroatoms. The molecule has 1 aromatic rings. The normalized spacial score (nSPS) is 12.5. The monoisotopic (exact) mass is 269 g/mol. The van der Waals surface area contributed by atoms with Crippen molar-refractivity contribution in [3.8, 4) is 0 Å². The molecule has 6 nitrogen and oxygen atoms in total. The SMILES string of the molecule is COC(=O)C(NCc1cc(C(=O)O)oc1C)C(C)C. The summed E-state index contributed by atoms with van der Waals surface area (Å²) in [5, 5.41) is 11.9. The van der Waals surface area contributed by atoms with Crippen molar-refractivity contribution in [2.24, 2.45) is 5.92 Å². The molecule has 0 aliphatic heterocycles. The Morgan fingerprint density at radius 2 is 2.11 bits per heavy atom. The molecule has 1 rings (SSSR count). The molecule has 0 aromatic carbocycles. The number of carboxylic acid groups (broad SMARTS) is 1. The molecule has 0 spiro atoms. The van der Waals surface area contributed by atoms with Crippen LogP contribution in [0.25, 0.3) is 0 Å². The van der Waals surface area contributed by atoms with Gasteiger partial charge in [0.25, 0.3) is 0 Å². The lowest BCUT2D eigenvalue weighted by Gasteiger charge is -2.19. The lowest BCUT2D eigenvalue weighted by molar-refractivity contribution is -0.144. The number of nitrogens with one attached hydrogen (secondary N) is 1. The summed E-state index contributed by atoms with van der Waals surface area (Å²) in [5.41, 5.74) is 0.715. The second-order valence-corrected chi connectivity index (χ2v) is 4.62. The molecule has 1 heterocycles. The van der Waals surface area contributed by atoms with Gasteiger partial charge in [-0.1, -0.05) is 13.8 Å². The zero-order chi connectivity index (χ0) is 14.6. The van der Waals surface area contributed by atoms with Crippen molar-refractivity contribution in [2.75, 3.05) is 7.11 Å². The highest BCUT2D eigenvalue weighted by molar-refractivity contribution is 5.84. The molecule has 19 heavy (non-hydrogen) atoms. The molecule has 0 aliphatic carbocycles. The summed E-state index contributed by atoms with van der Waals surface area (Å²) in [6.45, 7) is 5.84. The largest absolute Gasteiger partial charge is 0.475 e. The van der Waals surface area contributed by atoms with E-state index in [0.29, 0.717) is 17.9 Å². The van der Waals surface area contributed by atoms with Crippen LogP contribution in [0, 0.1) is 12.8 Å². The van der Waals surface area contributed by atoms with Gasteiger partial charge in [0, 0.05) is 12.1 Å². The van der Waals surface area contributed by atoms with E-state index in [9.17, 15) is 9.59 Å². The molecule has 2 N–H and O–H groups in total. The van der Waals surface area contributed by atoms with Crippen molar-refractivity contribution >= 4 is 11.9 Å². The Labute approximate surface area is 111 Å². The average Bonchev–Trinajstić information content (AvgIpc) is 2.70. The summed E-state index contributed by atoms with van der Waals surface area (Å²) >= 11 is 0. The van der Waals surface area contributed by atoms with Crippen LogP contribution < -0.4 is 5.32 Å². The zero-order valence-corrected chi connectivity index (χ0v) is 11.5. The van der Waals surface area contributed by atoms with Crippen LogP contribution in [0.2, 0.25) is 0 Å². The molecule has 0 amide bonds. The van der Waals surface area contributed by atoms with Crippen molar-refractivity contribution in [1.82, 2.24) is 5.32 Å². The molecule has 0 fully saturated rings. The molecule has 1 unspecified atom stereocenters. The third-order valence-electron chi connectivity index (χ3n) is 2.87. The third-order valence-corrected chi connectivity index (χ3v) is 2.87. The molecule has 0 radical (unpaired) electrons. The van der Waals surface area contributed by atoms with E-state index in [1.54, 1.807) is 6.92 Å². The Hall–Kier alpha value is -1.82. The van der Waals surface area contributed by atoms with Crippen LogP contribution >= 0.6 is 0 Å². The van der Waals surface area contributed by atoms with Crippen molar-refractivity contribution in [3.05, 3.63) is 23.2 Å². The minimum Gasteiger partial charge on any atom is -0.475 e. The average molecular weight is 269 g/mol. The fraction of sp³-hybridized carbons (Fsp3) is 0.538. The van der Waals surface area contributed by atoms with Crippen LogP contribution in [-0.4, -0.2) is 30.2 Å². The van der Waals surface area contributed by atoms with Gasteiger partial charge in [-0.3, -0.25) is 10.1 Å². The van der Waals surface area contributed by atoms with E-state index in [1.807, 2.05) is 13.8 Å². The van der Waals surface area contributed by atoms with E-state index in [0.717, 1.165) is 0 Å². The standard InChI is InChI=1S/C13H19NO5/c1-7(2)11(13(17)18-4)14-6-9-5-10(12(15)16)19-8(9)3/h5,7,11,14H,6H2,1-4H3,(H,15,16). The first-order valence-electron chi connectivity index (χ1n) is 6.00. The lowest BCUT2D eigenvalue weighted by atomic mass is 10.0. The second-order valence-electron chi connectivity index (χ2n) is 4.62. The highest BCUT2D eigenvalue weighted by Gasteiger charge is 2.23. The Morgan fingerprint density at radius 1 is 1.47 bits per heavy atom. The van der Waals surface area contributed by atoms with E-state index in [4.69, 9.17) is 14.3 Å². The Morgan fingerprint density at radius 3 is 2.53 bits per heavy atom. The van der Waals surface area contributed by atoms with Gasteiger partial charge in [0.15, 0.2) is 0 Å². The number of rotatable bonds is 6.